The summed E-state index contributed by atoms with van der Waals surface area (Å²) in [4.78, 5) is 24.6. The van der Waals surface area contributed by atoms with Crippen LogP contribution in [0, 0.1) is 6.92 Å². The molecule has 1 saturated heterocycles. The van der Waals surface area contributed by atoms with Gasteiger partial charge in [-0.25, -0.2) is 14.8 Å². The largest absolute Gasteiger partial charge is 0.491 e. The Hall–Kier alpha value is -2.54. The zero-order chi connectivity index (χ0) is 18.4. The van der Waals surface area contributed by atoms with Gasteiger partial charge in [-0.3, -0.25) is 0 Å². The number of aryl methyl sites for hydroxylation is 1. The van der Waals surface area contributed by atoms with Crippen molar-refractivity contribution in [2.24, 2.45) is 0 Å². The molecule has 8 heteroatoms. The molecule has 3 rings (SSSR count). The van der Waals surface area contributed by atoms with Crippen molar-refractivity contribution >= 4 is 23.6 Å². The fraction of sp³-hybridized carbons (Fsp3) is 0.389. The quantitative estimate of drug-likeness (QED) is 0.812. The predicted molar refractivity (Wildman–Crippen MR) is 101 cm³/mol. The van der Waals surface area contributed by atoms with Crippen LogP contribution in [0.25, 0.3) is 0 Å². The lowest BCUT2D eigenvalue weighted by atomic mass is 10.2. The number of hydrogen-bond donors (Lipinski definition) is 1. The van der Waals surface area contributed by atoms with Gasteiger partial charge in [-0.2, -0.15) is 0 Å². The van der Waals surface area contributed by atoms with Crippen molar-refractivity contribution < 1.29 is 9.53 Å². The monoisotopic (exact) mass is 375 g/mol. The summed E-state index contributed by atoms with van der Waals surface area (Å²) in [6.45, 7) is 5.52. The summed E-state index contributed by atoms with van der Waals surface area (Å²) < 4.78 is 5.69. The van der Waals surface area contributed by atoms with E-state index in [0.29, 0.717) is 37.2 Å². The lowest BCUT2D eigenvalue weighted by Gasteiger charge is -2.34. The van der Waals surface area contributed by atoms with Gasteiger partial charge in [-0.05, 0) is 36.8 Å². The molecule has 0 aliphatic carbocycles. The van der Waals surface area contributed by atoms with Crippen LogP contribution in [0.1, 0.15) is 5.56 Å². The summed E-state index contributed by atoms with van der Waals surface area (Å²) in [5, 5.41) is 3.58. The molecule has 1 aromatic heterocycles. The molecular formula is C18H22ClN5O2. The molecule has 1 aromatic carbocycles. The number of carbonyl (C=O) groups is 1. The molecule has 1 aliphatic heterocycles. The first-order chi connectivity index (χ1) is 12.6. The van der Waals surface area contributed by atoms with Crippen LogP contribution in [0.4, 0.5) is 10.7 Å². The van der Waals surface area contributed by atoms with E-state index in [1.54, 1.807) is 29.4 Å². The number of anilines is 1. The number of halogens is 1. The van der Waals surface area contributed by atoms with Gasteiger partial charge in [0.1, 0.15) is 12.4 Å². The lowest BCUT2D eigenvalue weighted by Crippen LogP contribution is -2.52. The summed E-state index contributed by atoms with van der Waals surface area (Å²) >= 11 is 5.93. The number of hydrogen-bond acceptors (Lipinski definition) is 5. The number of piperazine rings is 1. The van der Waals surface area contributed by atoms with Crippen molar-refractivity contribution in [3.8, 4) is 5.75 Å². The second-order valence-corrected chi connectivity index (χ2v) is 6.45. The predicted octanol–water partition coefficient (Wildman–Crippen LogP) is 2.35. The van der Waals surface area contributed by atoms with Gasteiger partial charge < -0.3 is 19.9 Å². The molecule has 2 amide bonds. The van der Waals surface area contributed by atoms with E-state index in [-0.39, 0.29) is 6.03 Å². The molecule has 0 bridgehead atoms. The average Bonchev–Trinajstić information content (AvgIpc) is 2.67. The molecule has 26 heavy (non-hydrogen) atoms. The minimum absolute atomic E-state index is 0.0740. The first-order valence-corrected chi connectivity index (χ1v) is 8.95. The molecule has 7 nitrogen and oxygen atoms in total. The van der Waals surface area contributed by atoms with Crippen LogP contribution < -0.4 is 15.0 Å². The van der Waals surface area contributed by atoms with Gasteiger partial charge >= 0.3 is 6.03 Å². The summed E-state index contributed by atoms with van der Waals surface area (Å²) in [7, 11) is 0. The van der Waals surface area contributed by atoms with Crippen molar-refractivity contribution in [3.63, 3.8) is 0 Å². The molecule has 1 aliphatic rings. The number of aromatic nitrogens is 2. The van der Waals surface area contributed by atoms with Gasteiger partial charge in [0.2, 0.25) is 5.95 Å². The number of ether oxygens (including phenoxy) is 1. The van der Waals surface area contributed by atoms with Gasteiger partial charge in [0.05, 0.1) is 6.54 Å². The van der Waals surface area contributed by atoms with Gasteiger partial charge in [0, 0.05) is 43.6 Å². The number of urea groups is 1. The third-order valence-electron chi connectivity index (χ3n) is 4.17. The van der Waals surface area contributed by atoms with Crippen molar-refractivity contribution in [3.05, 3.63) is 47.2 Å². The topological polar surface area (TPSA) is 70.6 Å². The Labute approximate surface area is 157 Å². The van der Waals surface area contributed by atoms with Crippen molar-refractivity contribution in [1.29, 1.82) is 0 Å². The maximum Gasteiger partial charge on any atom is 0.317 e. The van der Waals surface area contributed by atoms with E-state index in [4.69, 9.17) is 16.3 Å². The average molecular weight is 376 g/mol. The minimum atomic E-state index is -0.0740. The number of carbonyl (C=O) groups excluding carboxylic acids is 1. The maximum atomic E-state index is 12.3. The van der Waals surface area contributed by atoms with Crippen LogP contribution >= 0.6 is 11.6 Å². The highest BCUT2D eigenvalue weighted by Gasteiger charge is 2.22. The molecular weight excluding hydrogens is 354 g/mol. The molecule has 0 spiro atoms. The molecule has 0 saturated carbocycles. The number of nitrogens with one attached hydrogen (secondary N) is 1. The smallest absolute Gasteiger partial charge is 0.317 e. The first-order valence-electron chi connectivity index (χ1n) is 8.57. The van der Waals surface area contributed by atoms with Crippen molar-refractivity contribution in [2.45, 2.75) is 6.92 Å². The number of rotatable bonds is 5. The standard InChI is InChI=1S/C18H22ClN5O2/c1-14-13-15(19)3-4-16(14)26-12-7-22-18(25)24-10-8-23(9-11-24)17-20-5-2-6-21-17/h2-6,13H,7-12H2,1H3,(H,22,25). The van der Waals surface area contributed by atoms with Gasteiger partial charge in [-0.15, -0.1) is 0 Å². The Balaban J connectivity index is 1.38. The Morgan fingerprint density at radius 2 is 1.96 bits per heavy atom. The Kier molecular flexibility index (Phi) is 6.12. The second-order valence-electron chi connectivity index (χ2n) is 6.01. The highest BCUT2D eigenvalue weighted by Crippen LogP contribution is 2.21. The van der Waals surface area contributed by atoms with E-state index < -0.39 is 0 Å². The normalized spacial score (nSPS) is 14.2. The van der Waals surface area contributed by atoms with Crippen molar-refractivity contribution in [2.75, 3.05) is 44.2 Å². The molecule has 0 unspecified atom stereocenters. The van der Waals surface area contributed by atoms with E-state index in [1.807, 2.05) is 19.1 Å². The van der Waals surface area contributed by atoms with Crippen LogP contribution in [0.3, 0.4) is 0 Å². The minimum Gasteiger partial charge on any atom is -0.491 e. The van der Waals surface area contributed by atoms with Crippen LogP contribution in [-0.2, 0) is 0 Å². The van der Waals surface area contributed by atoms with E-state index in [2.05, 4.69) is 20.2 Å². The second kappa shape index (κ2) is 8.71. The summed E-state index contributed by atoms with van der Waals surface area (Å²) in [6, 6.07) is 7.20. The molecule has 2 aromatic rings. The third-order valence-corrected chi connectivity index (χ3v) is 4.41. The van der Waals surface area contributed by atoms with E-state index in [0.717, 1.165) is 24.4 Å². The van der Waals surface area contributed by atoms with Crippen LogP contribution in [0.15, 0.2) is 36.7 Å². The Morgan fingerprint density at radius 3 is 2.65 bits per heavy atom. The highest BCUT2D eigenvalue weighted by atomic mass is 35.5. The zero-order valence-corrected chi connectivity index (χ0v) is 15.4. The molecule has 138 valence electrons. The number of nitrogens with zero attached hydrogens (tertiary/aromatic N) is 4. The zero-order valence-electron chi connectivity index (χ0n) is 14.7. The lowest BCUT2D eigenvalue weighted by molar-refractivity contribution is 0.191. The third kappa shape index (κ3) is 4.76. The van der Waals surface area contributed by atoms with Gasteiger partial charge in [-0.1, -0.05) is 11.6 Å². The number of benzene rings is 1. The molecule has 0 atom stereocenters. The molecule has 1 N–H and O–H groups in total. The van der Waals surface area contributed by atoms with Gasteiger partial charge in [0.15, 0.2) is 0 Å². The summed E-state index contributed by atoms with van der Waals surface area (Å²) in [5.74, 6) is 1.49. The van der Waals surface area contributed by atoms with E-state index in [9.17, 15) is 4.79 Å². The fourth-order valence-corrected chi connectivity index (χ4v) is 3.00. The SMILES string of the molecule is Cc1cc(Cl)ccc1OCCNC(=O)N1CCN(c2ncccn2)CC1. The highest BCUT2D eigenvalue weighted by molar-refractivity contribution is 6.30. The van der Waals surface area contributed by atoms with Crippen LogP contribution in [0.5, 0.6) is 5.75 Å². The van der Waals surface area contributed by atoms with E-state index in [1.165, 1.54) is 0 Å². The first kappa shape index (κ1) is 18.3. The summed E-state index contributed by atoms with van der Waals surface area (Å²) in [6.07, 6.45) is 3.45. The maximum absolute atomic E-state index is 12.3. The fourth-order valence-electron chi connectivity index (χ4n) is 2.77. The summed E-state index contributed by atoms with van der Waals surface area (Å²) in [5.41, 5.74) is 0.975. The molecule has 2 heterocycles. The van der Waals surface area contributed by atoms with Crippen LogP contribution in [0.2, 0.25) is 5.02 Å². The molecule has 0 radical (unpaired) electrons. The van der Waals surface area contributed by atoms with Crippen LogP contribution in [-0.4, -0.2) is 60.2 Å². The van der Waals surface area contributed by atoms with Gasteiger partial charge in [0.25, 0.3) is 0 Å². The Bertz CT molecular complexity index is 736. The Morgan fingerprint density at radius 1 is 1.23 bits per heavy atom. The van der Waals surface area contributed by atoms with E-state index >= 15 is 0 Å². The van der Waals surface area contributed by atoms with Crippen molar-refractivity contribution in [1.82, 2.24) is 20.2 Å². The number of amides is 2. The molecule has 1 fully saturated rings.